The molecular formula is C18H24N4O5S. The average molecular weight is 408 g/mol. The summed E-state index contributed by atoms with van der Waals surface area (Å²) in [7, 11) is 0.776. The molecule has 1 fully saturated rings. The maximum absolute atomic E-state index is 13.2. The molecule has 9 nitrogen and oxygen atoms in total. The fourth-order valence-corrected chi connectivity index (χ4v) is 4.67. The molecule has 1 saturated heterocycles. The Labute approximate surface area is 164 Å². The summed E-state index contributed by atoms with van der Waals surface area (Å²) < 4.78 is 43.4. The zero-order valence-corrected chi connectivity index (χ0v) is 17.2. The molecule has 2 heterocycles. The maximum Gasteiger partial charge on any atom is 0.247 e. The molecule has 1 aliphatic rings. The van der Waals surface area contributed by atoms with E-state index in [1.807, 2.05) is 4.90 Å². The third-order valence-corrected chi connectivity index (χ3v) is 6.48. The summed E-state index contributed by atoms with van der Waals surface area (Å²) in [5.74, 6) is 2.56. The van der Waals surface area contributed by atoms with Gasteiger partial charge in [-0.1, -0.05) is 0 Å². The summed E-state index contributed by atoms with van der Waals surface area (Å²) in [6.07, 6.45) is 0. The predicted molar refractivity (Wildman–Crippen MR) is 104 cm³/mol. The van der Waals surface area contributed by atoms with Crippen LogP contribution in [0.1, 0.15) is 5.82 Å². The lowest BCUT2D eigenvalue weighted by molar-refractivity contribution is 0.369. The molecule has 0 unspecified atom stereocenters. The Kier molecular flexibility index (Phi) is 5.90. The molecule has 0 bridgehead atoms. The van der Waals surface area contributed by atoms with Crippen molar-refractivity contribution in [1.29, 1.82) is 0 Å². The lowest BCUT2D eigenvalue weighted by Gasteiger charge is -2.35. The van der Waals surface area contributed by atoms with E-state index in [0.717, 1.165) is 5.82 Å². The van der Waals surface area contributed by atoms with Crippen molar-refractivity contribution in [3.8, 4) is 17.4 Å². The molecule has 0 saturated carbocycles. The molecule has 152 valence electrons. The van der Waals surface area contributed by atoms with Crippen LogP contribution in [0.2, 0.25) is 0 Å². The number of aromatic nitrogens is 2. The van der Waals surface area contributed by atoms with Gasteiger partial charge in [0, 0.05) is 38.3 Å². The minimum Gasteiger partial charge on any atom is -0.497 e. The molecule has 10 heteroatoms. The molecule has 0 radical (unpaired) electrons. The van der Waals surface area contributed by atoms with Crippen LogP contribution in [0, 0.1) is 6.92 Å². The fraction of sp³-hybridized carbons (Fsp3) is 0.444. The van der Waals surface area contributed by atoms with Gasteiger partial charge in [-0.25, -0.2) is 13.4 Å². The number of aryl methyl sites for hydroxylation is 1. The van der Waals surface area contributed by atoms with Crippen molar-refractivity contribution in [2.24, 2.45) is 0 Å². The second-order valence-corrected chi connectivity index (χ2v) is 8.13. The number of methoxy groups -OCH3 is 3. The fourth-order valence-electron chi connectivity index (χ4n) is 3.07. The first-order valence-electron chi connectivity index (χ1n) is 8.76. The summed E-state index contributed by atoms with van der Waals surface area (Å²) in [5.41, 5.74) is 0. The third-order valence-electron chi connectivity index (χ3n) is 4.56. The van der Waals surface area contributed by atoms with E-state index in [4.69, 9.17) is 14.2 Å². The molecule has 3 rings (SSSR count). The number of sulfonamides is 1. The Hall–Kier alpha value is -2.59. The number of ether oxygens (including phenoxy) is 3. The molecule has 1 aromatic heterocycles. The summed E-state index contributed by atoms with van der Waals surface area (Å²) >= 11 is 0. The highest BCUT2D eigenvalue weighted by atomic mass is 32.2. The van der Waals surface area contributed by atoms with Crippen molar-refractivity contribution in [1.82, 2.24) is 14.3 Å². The highest BCUT2D eigenvalue weighted by Gasteiger charge is 2.31. The van der Waals surface area contributed by atoms with Gasteiger partial charge < -0.3 is 19.1 Å². The molecule has 0 N–H and O–H groups in total. The van der Waals surface area contributed by atoms with Crippen LogP contribution < -0.4 is 19.1 Å². The van der Waals surface area contributed by atoms with Gasteiger partial charge >= 0.3 is 0 Å². The second-order valence-electron chi connectivity index (χ2n) is 6.22. The predicted octanol–water partition coefficient (Wildman–Crippen LogP) is 1.32. The van der Waals surface area contributed by atoms with Gasteiger partial charge in [0.05, 0.1) is 21.3 Å². The van der Waals surface area contributed by atoms with Crippen LogP contribution in [0.3, 0.4) is 0 Å². The zero-order valence-electron chi connectivity index (χ0n) is 16.4. The van der Waals surface area contributed by atoms with Crippen LogP contribution in [0.5, 0.6) is 17.4 Å². The van der Waals surface area contributed by atoms with E-state index in [1.165, 1.54) is 24.6 Å². The molecule has 0 aliphatic carbocycles. The Bertz CT molecular complexity index is 943. The van der Waals surface area contributed by atoms with E-state index in [9.17, 15) is 8.42 Å². The van der Waals surface area contributed by atoms with Crippen molar-refractivity contribution in [2.75, 3.05) is 52.4 Å². The topological polar surface area (TPSA) is 94.1 Å². The third kappa shape index (κ3) is 3.97. The number of piperazine rings is 1. The lowest BCUT2D eigenvalue weighted by Crippen LogP contribution is -2.49. The molecule has 0 amide bonds. The number of anilines is 1. The number of hydrogen-bond donors (Lipinski definition) is 0. The lowest BCUT2D eigenvalue weighted by atomic mass is 10.3. The van der Waals surface area contributed by atoms with Crippen molar-refractivity contribution in [3.05, 3.63) is 30.1 Å². The smallest absolute Gasteiger partial charge is 0.247 e. The molecule has 2 aromatic rings. The Morgan fingerprint density at radius 3 is 2.25 bits per heavy atom. The van der Waals surface area contributed by atoms with Crippen molar-refractivity contribution in [2.45, 2.75) is 11.8 Å². The number of rotatable bonds is 6. The minimum absolute atomic E-state index is 0.0994. The summed E-state index contributed by atoms with van der Waals surface area (Å²) in [6.45, 7) is 3.46. The molecular weight excluding hydrogens is 384 g/mol. The number of benzene rings is 1. The highest BCUT2D eigenvalue weighted by Crippen LogP contribution is 2.31. The number of nitrogens with zero attached hydrogens (tertiary/aromatic N) is 4. The van der Waals surface area contributed by atoms with Crippen LogP contribution in [-0.2, 0) is 10.0 Å². The van der Waals surface area contributed by atoms with Gasteiger partial charge in [0.1, 0.15) is 28.0 Å². The van der Waals surface area contributed by atoms with Gasteiger partial charge in [-0.05, 0) is 19.1 Å². The van der Waals surface area contributed by atoms with E-state index in [2.05, 4.69) is 9.97 Å². The summed E-state index contributed by atoms with van der Waals surface area (Å²) in [5, 5.41) is 0. The highest BCUT2D eigenvalue weighted by molar-refractivity contribution is 7.89. The number of hydrogen-bond acceptors (Lipinski definition) is 8. The monoisotopic (exact) mass is 408 g/mol. The Balaban J connectivity index is 1.80. The van der Waals surface area contributed by atoms with Gasteiger partial charge in [0.25, 0.3) is 0 Å². The summed E-state index contributed by atoms with van der Waals surface area (Å²) in [6, 6.07) is 6.50. The molecule has 28 heavy (non-hydrogen) atoms. The Morgan fingerprint density at radius 2 is 1.64 bits per heavy atom. The van der Waals surface area contributed by atoms with E-state index >= 15 is 0 Å². The molecule has 0 spiro atoms. The van der Waals surface area contributed by atoms with Crippen LogP contribution >= 0.6 is 0 Å². The van der Waals surface area contributed by atoms with E-state index in [1.54, 1.807) is 32.2 Å². The van der Waals surface area contributed by atoms with Crippen molar-refractivity contribution in [3.63, 3.8) is 0 Å². The van der Waals surface area contributed by atoms with Gasteiger partial charge in [-0.3, -0.25) is 0 Å². The van der Waals surface area contributed by atoms with E-state index < -0.39 is 10.0 Å². The van der Waals surface area contributed by atoms with Gasteiger partial charge in [0.15, 0.2) is 0 Å². The first-order chi connectivity index (χ1) is 13.4. The summed E-state index contributed by atoms with van der Waals surface area (Å²) in [4.78, 5) is 10.7. The van der Waals surface area contributed by atoms with Crippen LogP contribution in [0.25, 0.3) is 0 Å². The van der Waals surface area contributed by atoms with Gasteiger partial charge in [-0.2, -0.15) is 9.29 Å². The normalized spacial score (nSPS) is 15.4. The van der Waals surface area contributed by atoms with Gasteiger partial charge in [0.2, 0.25) is 15.9 Å². The molecule has 0 atom stereocenters. The zero-order chi connectivity index (χ0) is 20.3. The minimum atomic E-state index is -3.72. The van der Waals surface area contributed by atoms with Crippen LogP contribution in [0.4, 0.5) is 5.82 Å². The molecule has 1 aromatic carbocycles. The van der Waals surface area contributed by atoms with Crippen molar-refractivity contribution >= 4 is 15.8 Å². The molecule has 1 aliphatic heterocycles. The first kappa shape index (κ1) is 20.2. The average Bonchev–Trinajstić information content (AvgIpc) is 2.72. The quantitative estimate of drug-likeness (QED) is 0.707. The van der Waals surface area contributed by atoms with Crippen molar-refractivity contribution < 1.29 is 22.6 Å². The maximum atomic E-state index is 13.2. The van der Waals surface area contributed by atoms with E-state index in [0.29, 0.717) is 49.4 Å². The second kappa shape index (κ2) is 8.19. The van der Waals surface area contributed by atoms with E-state index in [-0.39, 0.29) is 4.90 Å². The largest absolute Gasteiger partial charge is 0.497 e. The Morgan fingerprint density at radius 1 is 0.929 bits per heavy atom. The van der Waals surface area contributed by atoms with Crippen LogP contribution in [-0.4, -0.2) is 70.2 Å². The first-order valence-corrected chi connectivity index (χ1v) is 10.2. The SMILES string of the molecule is COc1ccc(OC)c(S(=O)(=O)N2CCN(c3cc(OC)nc(C)n3)CC2)c1. The standard InChI is InChI=1S/C18H24N4O5S/c1-13-19-17(12-18(20-13)27-4)21-7-9-22(10-8-21)28(23,24)16-11-14(25-2)5-6-15(16)26-3/h5-6,11-12H,7-10H2,1-4H3. The van der Waals surface area contributed by atoms with Gasteiger partial charge in [-0.15, -0.1) is 0 Å². The van der Waals surface area contributed by atoms with Crippen LogP contribution in [0.15, 0.2) is 29.2 Å².